The summed E-state index contributed by atoms with van der Waals surface area (Å²) in [5.41, 5.74) is 2.38. The fourth-order valence-electron chi connectivity index (χ4n) is 4.92. The molecule has 186 valence electrons. The zero-order valence-electron chi connectivity index (χ0n) is 20.8. The maximum atomic E-state index is 13.9. The van der Waals surface area contributed by atoms with Crippen molar-refractivity contribution in [2.75, 3.05) is 33.9 Å². The lowest BCUT2D eigenvalue weighted by Gasteiger charge is -2.45. The van der Waals surface area contributed by atoms with Crippen LogP contribution in [0.3, 0.4) is 0 Å². The van der Waals surface area contributed by atoms with Crippen molar-refractivity contribution in [1.29, 1.82) is 0 Å². The van der Waals surface area contributed by atoms with Crippen LogP contribution in [0.2, 0.25) is 0 Å². The Kier molecular flexibility index (Phi) is 6.23. The molecule has 0 saturated carbocycles. The minimum absolute atomic E-state index is 0.279. The molecule has 35 heavy (non-hydrogen) atoms. The van der Waals surface area contributed by atoms with E-state index in [1.807, 2.05) is 38.2 Å². The van der Waals surface area contributed by atoms with E-state index in [9.17, 15) is 4.39 Å². The number of halogens is 1. The Morgan fingerprint density at radius 1 is 1.03 bits per heavy atom. The number of piperidine rings is 1. The Bertz CT molecular complexity index is 1200. The van der Waals surface area contributed by atoms with E-state index >= 15 is 0 Å². The van der Waals surface area contributed by atoms with Crippen LogP contribution in [0.4, 0.5) is 4.39 Å². The van der Waals surface area contributed by atoms with Crippen LogP contribution in [0.25, 0.3) is 5.69 Å². The SMILES string of the molecule is COc1cc(CN2CCC3(CC2)Oc2cc(F)ccc2-n2cccc23)ccc1OCC(C)(C)OC. The standard InChI is InChI=1S/C28H33FN2O4/c1-27(2,33-4)19-34-23-10-7-20(16-25(23)32-3)18-30-14-11-28(12-15-30)26-6-5-13-31(26)22-9-8-21(29)17-24(22)35-28/h5-10,13,16-17H,11-12,14-15,18-19H2,1-4H3. The van der Waals surface area contributed by atoms with Crippen LogP contribution < -0.4 is 14.2 Å². The lowest BCUT2D eigenvalue weighted by Crippen LogP contribution is -2.48. The number of aromatic nitrogens is 1. The fraction of sp³-hybridized carbons (Fsp3) is 0.429. The van der Waals surface area contributed by atoms with Gasteiger partial charge in [0.05, 0.1) is 24.1 Å². The van der Waals surface area contributed by atoms with E-state index in [0.717, 1.165) is 55.2 Å². The first kappa shape index (κ1) is 23.7. The van der Waals surface area contributed by atoms with Gasteiger partial charge in [-0.15, -0.1) is 0 Å². The van der Waals surface area contributed by atoms with Gasteiger partial charge in [-0.05, 0) is 55.8 Å². The van der Waals surface area contributed by atoms with Gasteiger partial charge in [0, 0.05) is 51.8 Å². The van der Waals surface area contributed by atoms with Gasteiger partial charge in [-0.3, -0.25) is 4.90 Å². The van der Waals surface area contributed by atoms with E-state index in [1.54, 1.807) is 20.3 Å². The maximum absolute atomic E-state index is 13.9. The summed E-state index contributed by atoms with van der Waals surface area (Å²) < 4.78 is 39.6. The van der Waals surface area contributed by atoms with Crippen LogP contribution in [0.15, 0.2) is 54.7 Å². The molecule has 3 heterocycles. The summed E-state index contributed by atoms with van der Waals surface area (Å²) in [7, 11) is 3.34. The molecule has 7 heteroatoms. The molecule has 0 unspecified atom stereocenters. The summed E-state index contributed by atoms with van der Waals surface area (Å²) in [6, 6.07) is 15.0. The highest BCUT2D eigenvalue weighted by Crippen LogP contribution is 2.45. The van der Waals surface area contributed by atoms with E-state index in [0.29, 0.717) is 18.1 Å². The number of methoxy groups -OCH3 is 2. The lowest BCUT2D eigenvalue weighted by molar-refractivity contribution is -0.0159. The Morgan fingerprint density at radius 3 is 2.57 bits per heavy atom. The molecule has 1 saturated heterocycles. The molecule has 0 aliphatic carbocycles. The third-order valence-corrected chi connectivity index (χ3v) is 7.13. The molecule has 0 amide bonds. The Morgan fingerprint density at radius 2 is 1.83 bits per heavy atom. The highest BCUT2D eigenvalue weighted by atomic mass is 19.1. The highest BCUT2D eigenvalue weighted by Gasteiger charge is 2.43. The second kappa shape index (κ2) is 9.21. The third kappa shape index (κ3) is 4.62. The topological polar surface area (TPSA) is 45.1 Å². The summed E-state index contributed by atoms with van der Waals surface area (Å²) in [4.78, 5) is 2.42. The molecule has 1 spiro atoms. The molecule has 6 nitrogen and oxygen atoms in total. The van der Waals surface area contributed by atoms with Gasteiger partial charge in [-0.1, -0.05) is 6.07 Å². The average molecular weight is 481 g/mol. The van der Waals surface area contributed by atoms with Gasteiger partial charge in [0.1, 0.15) is 18.2 Å². The van der Waals surface area contributed by atoms with Gasteiger partial charge < -0.3 is 23.5 Å². The third-order valence-electron chi connectivity index (χ3n) is 7.13. The van der Waals surface area contributed by atoms with Crippen molar-refractivity contribution in [2.24, 2.45) is 0 Å². The molecule has 5 rings (SSSR count). The molecule has 3 aromatic rings. The minimum Gasteiger partial charge on any atom is -0.493 e. The van der Waals surface area contributed by atoms with Crippen molar-refractivity contribution in [3.05, 3.63) is 71.8 Å². The summed E-state index contributed by atoms with van der Waals surface area (Å²) in [5, 5.41) is 0. The van der Waals surface area contributed by atoms with E-state index < -0.39 is 5.60 Å². The summed E-state index contributed by atoms with van der Waals surface area (Å²) >= 11 is 0. The molecule has 0 bridgehead atoms. The van der Waals surface area contributed by atoms with E-state index in [-0.39, 0.29) is 11.4 Å². The molecule has 0 radical (unpaired) electrons. The Hall–Kier alpha value is -3.03. The summed E-state index contributed by atoms with van der Waals surface area (Å²) in [6.45, 7) is 6.96. The predicted molar refractivity (Wildman–Crippen MR) is 132 cm³/mol. The minimum atomic E-state index is -0.440. The summed E-state index contributed by atoms with van der Waals surface area (Å²) in [5.74, 6) is 1.76. The Balaban J connectivity index is 1.27. The molecular formula is C28H33FN2O4. The molecule has 2 aliphatic rings. The number of hydrogen-bond acceptors (Lipinski definition) is 5. The van der Waals surface area contributed by atoms with Crippen LogP contribution in [0, 0.1) is 5.82 Å². The second-order valence-electron chi connectivity index (χ2n) is 9.99. The smallest absolute Gasteiger partial charge is 0.161 e. The molecular weight excluding hydrogens is 447 g/mol. The molecule has 2 aliphatic heterocycles. The zero-order valence-corrected chi connectivity index (χ0v) is 20.8. The van der Waals surface area contributed by atoms with Gasteiger partial charge in [0.15, 0.2) is 17.1 Å². The normalized spacial score (nSPS) is 16.9. The van der Waals surface area contributed by atoms with Gasteiger partial charge in [-0.25, -0.2) is 4.39 Å². The number of fused-ring (bicyclic) bond motifs is 4. The van der Waals surface area contributed by atoms with Crippen molar-refractivity contribution in [3.8, 4) is 22.9 Å². The first-order chi connectivity index (χ1) is 16.8. The van der Waals surface area contributed by atoms with Gasteiger partial charge in [0.25, 0.3) is 0 Å². The zero-order chi connectivity index (χ0) is 24.6. The highest BCUT2D eigenvalue weighted by molar-refractivity contribution is 5.52. The summed E-state index contributed by atoms with van der Waals surface area (Å²) in [6.07, 6.45) is 3.70. The van der Waals surface area contributed by atoms with Crippen LogP contribution in [-0.2, 0) is 16.9 Å². The lowest BCUT2D eigenvalue weighted by atomic mass is 9.86. The number of nitrogens with zero attached hydrogens (tertiary/aromatic N) is 2. The van der Waals surface area contributed by atoms with Gasteiger partial charge in [-0.2, -0.15) is 0 Å². The maximum Gasteiger partial charge on any atom is 0.161 e. The van der Waals surface area contributed by atoms with Crippen molar-refractivity contribution in [1.82, 2.24) is 9.47 Å². The average Bonchev–Trinajstić information content (AvgIpc) is 3.36. The second-order valence-corrected chi connectivity index (χ2v) is 9.99. The van der Waals surface area contributed by atoms with Crippen molar-refractivity contribution >= 4 is 0 Å². The first-order valence-electron chi connectivity index (χ1n) is 12.1. The number of likely N-dealkylation sites (tertiary alicyclic amines) is 1. The molecule has 1 aromatic heterocycles. The Labute approximate surface area is 206 Å². The van der Waals surface area contributed by atoms with E-state index in [4.69, 9.17) is 18.9 Å². The van der Waals surface area contributed by atoms with Gasteiger partial charge in [0.2, 0.25) is 0 Å². The number of ether oxygens (including phenoxy) is 4. The van der Waals surface area contributed by atoms with E-state index in [2.05, 4.69) is 21.6 Å². The largest absolute Gasteiger partial charge is 0.493 e. The monoisotopic (exact) mass is 480 g/mol. The quantitative estimate of drug-likeness (QED) is 0.459. The molecule has 0 atom stereocenters. The van der Waals surface area contributed by atoms with Crippen LogP contribution in [-0.4, -0.2) is 49.0 Å². The van der Waals surface area contributed by atoms with Crippen molar-refractivity contribution in [3.63, 3.8) is 0 Å². The van der Waals surface area contributed by atoms with Crippen molar-refractivity contribution in [2.45, 2.75) is 44.4 Å². The number of benzene rings is 2. The van der Waals surface area contributed by atoms with Crippen LogP contribution in [0.5, 0.6) is 17.2 Å². The predicted octanol–water partition coefficient (Wildman–Crippen LogP) is 5.31. The number of rotatable bonds is 7. The molecule has 0 N–H and O–H groups in total. The first-order valence-corrected chi connectivity index (χ1v) is 12.1. The van der Waals surface area contributed by atoms with E-state index in [1.165, 1.54) is 12.1 Å². The fourth-order valence-corrected chi connectivity index (χ4v) is 4.92. The molecule has 1 fully saturated rings. The number of hydrogen-bond donors (Lipinski definition) is 0. The molecule has 2 aromatic carbocycles. The van der Waals surface area contributed by atoms with Crippen LogP contribution >= 0.6 is 0 Å². The van der Waals surface area contributed by atoms with Crippen LogP contribution in [0.1, 0.15) is 37.9 Å². The van der Waals surface area contributed by atoms with Crippen molar-refractivity contribution < 1.29 is 23.3 Å². The van der Waals surface area contributed by atoms with Gasteiger partial charge >= 0.3 is 0 Å².